The minimum Gasteiger partial charge on any atom is -0.479 e. The highest BCUT2D eigenvalue weighted by atomic mass is 79.9. The number of amides is 1. The van der Waals surface area contributed by atoms with Crippen molar-refractivity contribution in [3.05, 3.63) is 34.1 Å². The summed E-state index contributed by atoms with van der Waals surface area (Å²) in [5.41, 5.74) is -0.144. The van der Waals surface area contributed by atoms with Crippen LogP contribution in [0, 0.1) is 5.82 Å². The van der Waals surface area contributed by atoms with Gasteiger partial charge in [-0.05, 0) is 18.2 Å². The Hall–Kier alpha value is -1.47. The highest BCUT2D eigenvalue weighted by Gasteiger charge is 2.15. The third-order valence-corrected chi connectivity index (χ3v) is 2.65. The highest BCUT2D eigenvalue weighted by molar-refractivity contribution is 9.10. The molecule has 3 N–H and O–H groups in total. The van der Waals surface area contributed by atoms with Crippen molar-refractivity contribution in [2.45, 2.75) is 12.5 Å². The molecule has 1 rings (SSSR count). The van der Waals surface area contributed by atoms with Crippen LogP contribution >= 0.6 is 15.9 Å². The normalized spacial score (nSPS) is 11.9. The molecular formula is C11H11BrFNO4. The molecule has 0 spiro atoms. The number of nitrogens with one attached hydrogen (secondary N) is 1. The van der Waals surface area contributed by atoms with Crippen molar-refractivity contribution < 1.29 is 24.2 Å². The average molecular weight is 320 g/mol. The first-order valence-corrected chi connectivity index (χ1v) is 5.85. The number of carboxylic acid groups (broad SMARTS) is 1. The quantitative estimate of drug-likeness (QED) is 0.760. The molecule has 0 heterocycles. The predicted octanol–water partition coefficient (Wildman–Crippen LogP) is 1.15. The molecule has 1 atom stereocenters. The van der Waals surface area contributed by atoms with E-state index >= 15 is 0 Å². The van der Waals surface area contributed by atoms with Crippen molar-refractivity contribution in [1.82, 2.24) is 5.32 Å². The topological polar surface area (TPSA) is 86.6 Å². The lowest BCUT2D eigenvalue weighted by Crippen LogP contribution is -2.30. The van der Waals surface area contributed by atoms with Gasteiger partial charge in [-0.15, -0.1) is 0 Å². The van der Waals surface area contributed by atoms with Crippen LogP contribution in [0.25, 0.3) is 0 Å². The molecule has 7 heteroatoms. The van der Waals surface area contributed by atoms with E-state index in [0.29, 0.717) is 4.47 Å². The summed E-state index contributed by atoms with van der Waals surface area (Å²) in [7, 11) is 0. The summed E-state index contributed by atoms with van der Waals surface area (Å²) in [5, 5.41) is 19.7. The Morgan fingerprint density at radius 3 is 2.72 bits per heavy atom. The first kappa shape index (κ1) is 14.6. The number of hydrogen-bond donors (Lipinski definition) is 3. The number of benzene rings is 1. The maximum absolute atomic E-state index is 13.3. The maximum Gasteiger partial charge on any atom is 0.332 e. The fourth-order valence-electron chi connectivity index (χ4n) is 1.21. The van der Waals surface area contributed by atoms with Gasteiger partial charge in [0, 0.05) is 17.4 Å². The molecule has 0 aliphatic rings. The van der Waals surface area contributed by atoms with Crippen LogP contribution < -0.4 is 5.32 Å². The molecule has 18 heavy (non-hydrogen) atoms. The molecule has 0 fully saturated rings. The summed E-state index contributed by atoms with van der Waals surface area (Å²) in [6, 6.07) is 3.92. The zero-order valence-electron chi connectivity index (χ0n) is 9.19. The molecule has 0 unspecified atom stereocenters. The molecule has 98 valence electrons. The number of rotatable bonds is 5. The Morgan fingerprint density at radius 2 is 2.11 bits per heavy atom. The van der Waals surface area contributed by atoms with Crippen molar-refractivity contribution in [2.24, 2.45) is 0 Å². The molecule has 1 amide bonds. The lowest BCUT2D eigenvalue weighted by atomic mass is 10.2. The third-order valence-electron chi connectivity index (χ3n) is 2.16. The summed E-state index contributed by atoms with van der Waals surface area (Å²) >= 11 is 3.11. The molecule has 1 aromatic carbocycles. The van der Waals surface area contributed by atoms with Crippen LogP contribution in [0.3, 0.4) is 0 Å². The van der Waals surface area contributed by atoms with Gasteiger partial charge in [-0.1, -0.05) is 15.9 Å². The van der Waals surface area contributed by atoms with E-state index in [9.17, 15) is 14.0 Å². The number of carbonyl (C=O) groups is 2. The average Bonchev–Trinajstić information content (AvgIpc) is 2.31. The van der Waals surface area contributed by atoms with Crippen LogP contribution in [-0.2, 0) is 4.79 Å². The standard InChI is InChI=1S/C11H11BrFNO4/c12-6-1-2-8(13)7(5-6)10(16)14-4-3-9(15)11(17)18/h1-2,5,9,15H,3-4H2,(H,14,16)(H,17,18)/t9-/m0/s1. The van der Waals surface area contributed by atoms with Gasteiger partial charge in [0.1, 0.15) is 5.82 Å². The fraction of sp³-hybridized carbons (Fsp3) is 0.273. The van der Waals surface area contributed by atoms with Gasteiger partial charge in [-0.3, -0.25) is 4.79 Å². The van der Waals surface area contributed by atoms with Crippen LogP contribution in [0.5, 0.6) is 0 Å². The summed E-state index contributed by atoms with van der Waals surface area (Å²) in [4.78, 5) is 21.9. The number of carboxylic acids is 1. The SMILES string of the molecule is O=C(NCC[C@H](O)C(=O)O)c1cc(Br)ccc1F. The second-order valence-electron chi connectivity index (χ2n) is 3.52. The van der Waals surface area contributed by atoms with Crippen molar-refractivity contribution in [2.75, 3.05) is 6.54 Å². The van der Waals surface area contributed by atoms with Crippen molar-refractivity contribution >= 4 is 27.8 Å². The van der Waals surface area contributed by atoms with Gasteiger partial charge in [0.2, 0.25) is 0 Å². The van der Waals surface area contributed by atoms with E-state index in [0.717, 1.165) is 6.07 Å². The van der Waals surface area contributed by atoms with E-state index in [-0.39, 0.29) is 18.5 Å². The van der Waals surface area contributed by atoms with Crippen LogP contribution in [-0.4, -0.2) is 34.7 Å². The number of aliphatic carboxylic acids is 1. The minimum absolute atomic E-state index is 0.0573. The van der Waals surface area contributed by atoms with Gasteiger partial charge in [0.05, 0.1) is 5.56 Å². The predicted molar refractivity (Wildman–Crippen MR) is 64.7 cm³/mol. The molecule has 0 aromatic heterocycles. The van der Waals surface area contributed by atoms with E-state index in [2.05, 4.69) is 21.2 Å². The van der Waals surface area contributed by atoms with Gasteiger partial charge in [-0.2, -0.15) is 0 Å². The molecule has 0 aliphatic carbocycles. The zero-order chi connectivity index (χ0) is 13.7. The van der Waals surface area contributed by atoms with Gasteiger partial charge < -0.3 is 15.5 Å². The summed E-state index contributed by atoms with van der Waals surface area (Å²) in [6.45, 7) is -0.0573. The van der Waals surface area contributed by atoms with Crippen LogP contribution in [0.2, 0.25) is 0 Å². The van der Waals surface area contributed by atoms with Crippen molar-refractivity contribution in [3.63, 3.8) is 0 Å². The van der Waals surface area contributed by atoms with Crippen molar-refractivity contribution in [3.8, 4) is 0 Å². The van der Waals surface area contributed by atoms with E-state index in [1.165, 1.54) is 12.1 Å². The molecule has 1 aromatic rings. The molecule has 0 saturated carbocycles. The smallest absolute Gasteiger partial charge is 0.332 e. The number of aliphatic hydroxyl groups is 1. The van der Waals surface area contributed by atoms with Crippen molar-refractivity contribution in [1.29, 1.82) is 0 Å². The Labute approximate surface area is 111 Å². The lowest BCUT2D eigenvalue weighted by molar-refractivity contribution is -0.146. The first-order chi connectivity index (χ1) is 8.41. The first-order valence-electron chi connectivity index (χ1n) is 5.06. The Balaban J connectivity index is 2.55. The van der Waals surface area contributed by atoms with E-state index in [1.807, 2.05) is 0 Å². The van der Waals surface area contributed by atoms with Gasteiger partial charge in [0.15, 0.2) is 6.10 Å². The fourth-order valence-corrected chi connectivity index (χ4v) is 1.57. The van der Waals surface area contributed by atoms with Crippen LogP contribution in [0.15, 0.2) is 22.7 Å². The second-order valence-corrected chi connectivity index (χ2v) is 4.44. The Bertz CT molecular complexity index is 466. The minimum atomic E-state index is -1.54. The monoisotopic (exact) mass is 319 g/mol. The Morgan fingerprint density at radius 1 is 1.44 bits per heavy atom. The molecule has 0 saturated heterocycles. The van der Waals surface area contributed by atoms with Gasteiger partial charge >= 0.3 is 5.97 Å². The van der Waals surface area contributed by atoms with Gasteiger partial charge in [0.25, 0.3) is 5.91 Å². The summed E-state index contributed by atoms with van der Waals surface area (Å²) in [6.07, 6.45) is -1.69. The zero-order valence-corrected chi connectivity index (χ0v) is 10.8. The molecule has 0 aliphatic heterocycles. The molecule has 5 nitrogen and oxygen atoms in total. The Kier molecular flexibility index (Phi) is 5.24. The number of aliphatic hydroxyl groups excluding tert-OH is 1. The molecule has 0 radical (unpaired) electrons. The maximum atomic E-state index is 13.3. The molecular weight excluding hydrogens is 309 g/mol. The largest absolute Gasteiger partial charge is 0.479 e. The number of carbonyl (C=O) groups excluding carboxylic acids is 1. The molecule has 0 bridgehead atoms. The van der Waals surface area contributed by atoms with Crippen LogP contribution in [0.4, 0.5) is 4.39 Å². The number of halogens is 2. The van der Waals surface area contributed by atoms with E-state index in [1.54, 1.807) is 0 Å². The van der Waals surface area contributed by atoms with Crippen LogP contribution in [0.1, 0.15) is 16.8 Å². The summed E-state index contributed by atoms with van der Waals surface area (Å²) < 4.78 is 13.9. The number of hydrogen-bond acceptors (Lipinski definition) is 3. The van der Waals surface area contributed by atoms with Gasteiger partial charge in [-0.25, -0.2) is 9.18 Å². The second kappa shape index (κ2) is 6.46. The lowest BCUT2D eigenvalue weighted by Gasteiger charge is -2.08. The van der Waals surface area contributed by atoms with E-state index in [4.69, 9.17) is 10.2 Å². The summed E-state index contributed by atoms with van der Waals surface area (Å²) in [5.74, 6) is -2.70. The van der Waals surface area contributed by atoms with E-state index < -0.39 is 23.8 Å². The third kappa shape index (κ3) is 4.08. The highest BCUT2D eigenvalue weighted by Crippen LogP contribution is 2.15.